The maximum atomic E-state index is 6.29. The number of hydrogen-bond donors (Lipinski definition) is 1. The van der Waals surface area contributed by atoms with Crippen molar-refractivity contribution in [2.24, 2.45) is 0 Å². The number of hydrogen-bond acceptors (Lipinski definition) is 5. The molecular weight excluding hydrogens is 567 g/mol. The lowest BCUT2D eigenvalue weighted by Crippen LogP contribution is -2.10. The van der Waals surface area contributed by atoms with Crippen molar-refractivity contribution in [3.63, 3.8) is 0 Å². The van der Waals surface area contributed by atoms with Gasteiger partial charge in [-0.2, -0.15) is 0 Å². The molecule has 1 N–H and O–H groups in total. The van der Waals surface area contributed by atoms with E-state index in [9.17, 15) is 0 Å². The highest BCUT2D eigenvalue weighted by Gasteiger charge is 2.26. The van der Waals surface area contributed by atoms with Gasteiger partial charge in [0.15, 0.2) is 10.8 Å². The number of nitrogens with zero attached hydrogens (tertiary/aromatic N) is 3. The van der Waals surface area contributed by atoms with E-state index in [1.807, 2.05) is 66.9 Å². The van der Waals surface area contributed by atoms with Crippen LogP contribution in [0.2, 0.25) is 15.1 Å². The predicted octanol–water partition coefficient (Wildman–Crippen LogP) is 9.99. The minimum Gasteiger partial charge on any atom is -0.340 e. The van der Waals surface area contributed by atoms with Crippen molar-refractivity contribution < 1.29 is 0 Å². The number of fused-ring (bicyclic) bond motifs is 2. The Hall–Kier alpha value is -3.09. The summed E-state index contributed by atoms with van der Waals surface area (Å²) in [7, 11) is 0. The van der Waals surface area contributed by atoms with Crippen molar-refractivity contribution in [2.75, 3.05) is 11.6 Å². The maximum Gasteiger partial charge on any atom is 0.191 e. The lowest BCUT2D eigenvalue weighted by Gasteiger charge is -2.24. The van der Waals surface area contributed by atoms with Gasteiger partial charge in [0.1, 0.15) is 5.82 Å². The van der Waals surface area contributed by atoms with Crippen LogP contribution in [0.5, 0.6) is 0 Å². The third-order valence-electron chi connectivity index (χ3n) is 6.74. The summed E-state index contributed by atoms with van der Waals surface area (Å²) >= 11 is 20.1. The lowest BCUT2D eigenvalue weighted by molar-refractivity contribution is 0.814. The summed E-state index contributed by atoms with van der Waals surface area (Å²) in [6.07, 6.45) is 7.03. The Morgan fingerprint density at radius 3 is 2.08 bits per heavy atom. The SMILES string of the molecule is CSc1nc(Nc2ccc(Cl)cc2)c2c(-c3ccc(Cl)cc3)c3c(nc2n1)/C(=C/c1ccc(Cl)cc1)CCC3. The Kier molecular flexibility index (Phi) is 7.50. The zero-order valence-electron chi connectivity index (χ0n) is 21.0. The van der Waals surface area contributed by atoms with Gasteiger partial charge in [-0.05, 0) is 102 Å². The van der Waals surface area contributed by atoms with Crippen LogP contribution in [0.25, 0.3) is 33.8 Å². The van der Waals surface area contributed by atoms with Crippen LogP contribution in [-0.4, -0.2) is 21.2 Å². The third-order valence-corrected chi connectivity index (χ3v) is 8.04. The molecule has 2 heterocycles. The lowest BCUT2D eigenvalue weighted by atomic mass is 9.84. The second-order valence-corrected chi connectivity index (χ2v) is 11.4. The standard InChI is InChI=1S/C31H23Cl3N4S/c1-39-31-37-29(35-24-15-13-23(34)14-16-24)27-26(19-7-11-22(33)12-8-19)25-4-2-3-20(28(25)36-30(27)38-31)17-18-5-9-21(32)10-6-18/h5-17H,2-4H2,1H3,(H,35,36,37,38)/b20-17+. The molecule has 1 aliphatic carbocycles. The van der Waals surface area contributed by atoms with Crippen molar-refractivity contribution in [3.8, 4) is 11.1 Å². The van der Waals surface area contributed by atoms with Crippen molar-refractivity contribution in [2.45, 2.75) is 24.4 Å². The molecule has 0 atom stereocenters. The van der Waals surface area contributed by atoms with Gasteiger partial charge < -0.3 is 5.32 Å². The van der Waals surface area contributed by atoms with Crippen molar-refractivity contribution in [3.05, 3.63) is 105 Å². The number of benzene rings is 3. The molecule has 6 rings (SSSR count). The first-order valence-corrected chi connectivity index (χ1v) is 14.9. The van der Waals surface area contributed by atoms with Crippen LogP contribution in [0.3, 0.4) is 0 Å². The first-order chi connectivity index (χ1) is 19.0. The molecule has 0 fully saturated rings. The van der Waals surface area contributed by atoms with E-state index in [4.69, 9.17) is 49.8 Å². The van der Waals surface area contributed by atoms with Gasteiger partial charge in [0.2, 0.25) is 0 Å². The molecule has 0 amide bonds. The number of pyridine rings is 1. The smallest absolute Gasteiger partial charge is 0.191 e. The van der Waals surface area contributed by atoms with Crippen LogP contribution < -0.4 is 5.32 Å². The zero-order chi connectivity index (χ0) is 26.9. The summed E-state index contributed by atoms with van der Waals surface area (Å²) in [4.78, 5) is 15.0. The molecule has 0 unspecified atom stereocenters. The molecule has 2 aromatic heterocycles. The van der Waals surface area contributed by atoms with Crippen LogP contribution >= 0.6 is 46.6 Å². The third kappa shape index (κ3) is 5.50. The topological polar surface area (TPSA) is 50.7 Å². The molecule has 5 aromatic rings. The molecule has 0 saturated carbocycles. The Morgan fingerprint density at radius 2 is 1.41 bits per heavy atom. The highest BCUT2D eigenvalue weighted by Crippen LogP contribution is 2.43. The number of halogens is 3. The minimum absolute atomic E-state index is 0.646. The van der Waals surface area contributed by atoms with Crippen LogP contribution in [0, 0.1) is 0 Å². The van der Waals surface area contributed by atoms with E-state index in [1.54, 1.807) is 0 Å². The monoisotopic (exact) mass is 588 g/mol. The predicted molar refractivity (Wildman–Crippen MR) is 167 cm³/mol. The highest BCUT2D eigenvalue weighted by atomic mass is 35.5. The average Bonchev–Trinajstić information content (AvgIpc) is 2.95. The number of anilines is 2. The molecule has 1 aliphatic rings. The summed E-state index contributed by atoms with van der Waals surface area (Å²) in [5.41, 5.74) is 8.12. The van der Waals surface area contributed by atoms with E-state index in [0.29, 0.717) is 26.7 Å². The van der Waals surface area contributed by atoms with E-state index in [1.165, 1.54) is 22.9 Å². The minimum atomic E-state index is 0.646. The number of allylic oxidation sites excluding steroid dienone is 1. The van der Waals surface area contributed by atoms with Crippen molar-refractivity contribution >= 4 is 80.8 Å². The van der Waals surface area contributed by atoms with Crippen LogP contribution in [0.4, 0.5) is 11.5 Å². The fourth-order valence-electron chi connectivity index (χ4n) is 4.95. The van der Waals surface area contributed by atoms with Gasteiger partial charge >= 0.3 is 0 Å². The highest BCUT2D eigenvalue weighted by molar-refractivity contribution is 7.98. The molecule has 4 nitrogen and oxygen atoms in total. The van der Waals surface area contributed by atoms with Gasteiger partial charge in [-0.3, -0.25) is 0 Å². The van der Waals surface area contributed by atoms with E-state index in [0.717, 1.165) is 57.7 Å². The Balaban J connectivity index is 1.63. The Labute approximate surface area is 246 Å². The molecule has 0 saturated heterocycles. The molecular formula is C31H23Cl3N4S. The molecule has 0 radical (unpaired) electrons. The summed E-state index contributed by atoms with van der Waals surface area (Å²) < 4.78 is 0. The van der Waals surface area contributed by atoms with Crippen molar-refractivity contribution in [1.29, 1.82) is 0 Å². The quantitative estimate of drug-likeness (QED) is 0.163. The second kappa shape index (κ2) is 11.2. The first-order valence-electron chi connectivity index (χ1n) is 12.5. The number of nitrogens with one attached hydrogen (secondary N) is 1. The van der Waals surface area contributed by atoms with Crippen molar-refractivity contribution in [1.82, 2.24) is 15.0 Å². The largest absolute Gasteiger partial charge is 0.340 e. The molecule has 0 spiro atoms. The van der Waals surface area contributed by atoms with E-state index >= 15 is 0 Å². The van der Waals surface area contributed by atoms with Crippen LogP contribution in [0.15, 0.2) is 78.0 Å². The molecule has 39 heavy (non-hydrogen) atoms. The Bertz CT molecular complexity index is 1700. The maximum absolute atomic E-state index is 6.29. The second-order valence-electron chi connectivity index (χ2n) is 9.28. The number of aromatic nitrogens is 3. The molecule has 3 aromatic carbocycles. The van der Waals surface area contributed by atoms with Crippen LogP contribution in [-0.2, 0) is 6.42 Å². The summed E-state index contributed by atoms with van der Waals surface area (Å²) in [6.45, 7) is 0. The van der Waals surface area contributed by atoms with E-state index < -0.39 is 0 Å². The van der Waals surface area contributed by atoms with Gasteiger partial charge in [0.25, 0.3) is 0 Å². The normalized spacial score (nSPS) is 14.0. The molecule has 0 bridgehead atoms. The van der Waals surface area contributed by atoms with Gasteiger partial charge in [-0.1, -0.05) is 70.8 Å². The van der Waals surface area contributed by atoms with E-state index in [2.05, 4.69) is 23.5 Å². The molecule has 0 aliphatic heterocycles. The first kappa shape index (κ1) is 26.1. The average molecular weight is 590 g/mol. The van der Waals surface area contributed by atoms with Gasteiger partial charge in [-0.15, -0.1) is 0 Å². The molecule has 8 heteroatoms. The summed E-state index contributed by atoms with van der Waals surface area (Å²) in [5.74, 6) is 0.709. The summed E-state index contributed by atoms with van der Waals surface area (Å²) in [6, 6.07) is 23.5. The number of thioether (sulfide) groups is 1. The molecule has 194 valence electrons. The van der Waals surface area contributed by atoms with Gasteiger partial charge in [0.05, 0.1) is 11.1 Å². The van der Waals surface area contributed by atoms with Crippen LogP contribution in [0.1, 0.15) is 29.7 Å². The fourth-order valence-corrected chi connectivity index (χ4v) is 5.69. The Morgan fingerprint density at radius 1 is 0.769 bits per heavy atom. The van der Waals surface area contributed by atoms with E-state index in [-0.39, 0.29) is 0 Å². The fraction of sp³-hybridized carbons (Fsp3) is 0.129. The zero-order valence-corrected chi connectivity index (χ0v) is 24.1. The van der Waals surface area contributed by atoms with Gasteiger partial charge in [-0.25, -0.2) is 15.0 Å². The van der Waals surface area contributed by atoms with Gasteiger partial charge in [0, 0.05) is 26.3 Å². The number of rotatable bonds is 5. The summed E-state index contributed by atoms with van der Waals surface area (Å²) in [5, 5.41) is 7.13.